The quantitative estimate of drug-likeness (QED) is 0.464. The minimum atomic E-state index is -0.518. The van der Waals surface area contributed by atoms with Gasteiger partial charge in [0.05, 0.1) is 31.1 Å². The van der Waals surface area contributed by atoms with Crippen molar-refractivity contribution in [3.63, 3.8) is 0 Å². The lowest BCUT2D eigenvalue weighted by Crippen LogP contribution is -2.39. The number of alkyl halides is 1. The van der Waals surface area contributed by atoms with Crippen LogP contribution in [0.4, 0.5) is 20.3 Å². The number of phenolic OH excluding ortho intramolecular Hbond substituents is 1. The number of aromatic hydroxyl groups is 1. The number of aliphatic hydroxyl groups excluding tert-OH is 1. The van der Waals surface area contributed by atoms with E-state index in [1.165, 1.54) is 37.0 Å². The zero-order valence-corrected chi connectivity index (χ0v) is 24.5. The van der Waals surface area contributed by atoms with E-state index in [0.717, 1.165) is 19.4 Å². The van der Waals surface area contributed by atoms with Gasteiger partial charge in [-0.05, 0) is 67.6 Å². The summed E-state index contributed by atoms with van der Waals surface area (Å²) in [4.78, 5) is 28.6. The molecule has 3 aromatic rings. The van der Waals surface area contributed by atoms with Crippen LogP contribution in [0.3, 0.4) is 0 Å². The molecule has 4 fully saturated rings. The van der Waals surface area contributed by atoms with E-state index in [9.17, 15) is 23.8 Å². The van der Waals surface area contributed by atoms with E-state index in [1.54, 1.807) is 12.1 Å². The molecule has 0 radical (unpaired) electrons. The zero-order chi connectivity index (χ0) is 30.0. The van der Waals surface area contributed by atoms with Crippen LogP contribution in [0, 0.1) is 17.7 Å². The van der Waals surface area contributed by atoms with Crippen LogP contribution in [0.25, 0.3) is 10.8 Å². The fourth-order valence-electron chi connectivity index (χ4n) is 7.78. The van der Waals surface area contributed by atoms with Crippen molar-refractivity contribution >= 4 is 28.2 Å². The number of methoxy groups -OCH3 is 1. The van der Waals surface area contributed by atoms with Crippen LogP contribution in [0.15, 0.2) is 24.3 Å². The van der Waals surface area contributed by atoms with Crippen LogP contribution in [0.2, 0.25) is 0 Å². The van der Waals surface area contributed by atoms with Gasteiger partial charge in [-0.25, -0.2) is 8.78 Å². The van der Waals surface area contributed by atoms with E-state index in [1.807, 2.05) is 11.8 Å². The number of phenols is 1. The molecule has 1 aliphatic carbocycles. The van der Waals surface area contributed by atoms with Gasteiger partial charge in [0.15, 0.2) is 0 Å². The van der Waals surface area contributed by atoms with Crippen LogP contribution < -0.4 is 14.5 Å². The number of aliphatic hydroxyl groups is 1. The van der Waals surface area contributed by atoms with Gasteiger partial charge in [-0.3, -0.25) is 9.69 Å². The van der Waals surface area contributed by atoms with Crippen LogP contribution in [0.5, 0.6) is 11.8 Å². The highest BCUT2D eigenvalue weighted by Crippen LogP contribution is 2.45. The first-order chi connectivity index (χ1) is 20.7. The largest absolute Gasteiger partial charge is 0.508 e. The lowest BCUT2D eigenvalue weighted by atomic mass is 9.74. The summed E-state index contributed by atoms with van der Waals surface area (Å²) in [6.07, 6.45) is 3.69. The number of aryl methyl sites for hydroxylation is 1. The summed E-state index contributed by atoms with van der Waals surface area (Å²) < 4.78 is 32.6. The maximum absolute atomic E-state index is 14.7. The Bertz CT molecular complexity index is 1580. The van der Waals surface area contributed by atoms with Gasteiger partial charge in [0.2, 0.25) is 0 Å². The molecule has 43 heavy (non-hydrogen) atoms. The SMILES string of the molecule is CCc1c(F)ccc2cc(O)cc(N3Cc4nc(OC)nc(N5CC6CC(O)C6C5)c4C3=O)c12.FC1CC2CCCN2C1. The van der Waals surface area contributed by atoms with Gasteiger partial charge in [0.25, 0.3) is 5.91 Å². The van der Waals surface area contributed by atoms with E-state index in [4.69, 9.17) is 4.74 Å². The van der Waals surface area contributed by atoms with E-state index in [2.05, 4.69) is 14.9 Å². The smallest absolute Gasteiger partial charge is 0.318 e. The molecule has 11 heteroatoms. The Hall–Kier alpha value is -3.57. The van der Waals surface area contributed by atoms with Gasteiger partial charge < -0.3 is 24.7 Å². The number of carbonyl (C=O) groups excluding carboxylic acids is 1. The molecular formula is C32H37F2N5O4. The summed E-state index contributed by atoms with van der Waals surface area (Å²) in [5, 5.41) is 21.8. The van der Waals surface area contributed by atoms with Crippen LogP contribution >= 0.6 is 0 Å². The summed E-state index contributed by atoms with van der Waals surface area (Å²) >= 11 is 0. The molecule has 1 aromatic heterocycles. The van der Waals surface area contributed by atoms with Crippen molar-refractivity contribution in [1.82, 2.24) is 14.9 Å². The van der Waals surface area contributed by atoms with E-state index < -0.39 is 6.17 Å². The highest BCUT2D eigenvalue weighted by molar-refractivity contribution is 6.16. The molecule has 0 spiro atoms. The molecule has 3 saturated heterocycles. The lowest BCUT2D eigenvalue weighted by Gasteiger charge is -2.34. The third kappa shape index (κ3) is 4.77. The molecule has 5 aliphatic rings. The Morgan fingerprint density at radius 3 is 2.70 bits per heavy atom. The summed E-state index contributed by atoms with van der Waals surface area (Å²) in [5.41, 5.74) is 1.85. The van der Waals surface area contributed by atoms with Crippen molar-refractivity contribution < 1.29 is 28.5 Å². The van der Waals surface area contributed by atoms with Gasteiger partial charge in [-0.15, -0.1) is 0 Å². The molecule has 5 unspecified atom stereocenters. The van der Waals surface area contributed by atoms with Crippen LogP contribution in [-0.4, -0.2) is 82.6 Å². The van der Waals surface area contributed by atoms with E-state index in [0.29, 0.717) is 77.1 Å². The Kier molecular flexibility index (Phi) is 7.12. The van der Waals surface area contributed by atoms with Crippen LogP contribution in [0.1, 0.15) is 54.2 Å². The molecule has 0 bridgehead atoms. The predicted molar refractivity (Wildman–Crippen MR) is 158 cm³/mol. The number of ether oxygens (including phenoxy) is 1. The fraction of sp³-hybridized carbons (Fsp3) is 0.531. The summed E-state index contributed by atoms with van der Waals surface area (Å²) in [6, 6.07) is 6.85. The molecule has 4 aliphatic heterocycles. The van der Waals surface area contributed by atoms with Gasteiger partial charge in [0.1, 0.15) is 29.1 Å². The third-order valence-corrected chi connectivity index (χ3v) is 9.96. The Balaban J connectivity index is 0.000000283. The number of halogens is 2. The fourth-order valence-corrected chi connectivity index (χ4v) is 7.78. The normalized spacial score (nSPS) is 27.6. The van der Waals surface area contributed by atoms with Gasteiger partial charge >= 0.3 is 6.01 Å². The van der Waals surface area contributed by atoms with Crippen molar-refractivity contribution in [3.05, 3.63) is 46.9 Å². The highest BCUT2D eigenvalue weighted by Gasteiger charge is 2.48. The number of hydrogen-bond donors (Lipinski definition) is 2. The monoisotopic (exact) mass is 593 g/mol. The van der Waals surface area contributed by atoms with Gasteiger partial charge in [-0.1, -0.05) is 13.0 Å². The minimum Gasteiger partial charge on any atom is -0.508 e. The first-order valence-electron chi connectivity index (χ1n) is 15.3. The second kappa shape index (κ2) is 10.9. The van der Waals surface area contributed by atoms with Crippen LogP contribution in [-0.2, 0) is 13.0 Å². The average molecular weight is 594 g/mol. The number of rotatable bonds is 4. The number of nitrogens with zero attached hydrogens (tertiary/aromatic N) is 5. The summed E-state index contributed by atoms with van der Waals surface area (Å²) in [6.45, 7) is 5.20. The molecule has 9 nitrogen and oxygen atoms in total. The molecule has 1 saturated carbocycles. The number of hydrogen-bond acceptors (Lipinski definition) is 8. The summed E-state index contributed by atoms with van der Waals surface area (Å²) in [7, 11) is 1.48. The molecule has 8 rings (SSSR count). The number of aromatic nitrogens is 2. The molecule has 228 valence electrons. The Morgan fingerprint density at radius 2 is 1.98 bits per heavy atom. The number of carbonyl (C=O) groups is 1. The molecule has 1 amide bonds. The Morgan fingerprint density at radius 1 is 1.14 bits per heavy atom. The van der Waals surface area contributed by atoms with Gasteiger partial charge in [0, 0.05) is 43.0 Å². The number of amides is 1. The second-order valence-corrected chi connectivity index (χ2v) is 12.4. The maximum atomic E-state index is 14.7. The zero-order valence-electron chi connectivity index (χ0n) is 24.5. The Labute approximate surface area is 249 Å². The molecular weight excluding hydrogens is 556 g/mol. The van der Waals surface area contributed by atoms with Crippen molar-refractivity contribution in [2.24, 2.45) is 11.8 Å². The average Bonchev–Trinajstić information content (AvgIpc) is 3.74. The van der Waals surface area contributed by atoms with E-state index >= 15 is 0 Å². The van der Waals surface area contributed by atoms with Gasteiger partial charge in [-0.2, -0.15) is 9.97 Å². The van der Waals surface area contributed by atoms with E-state index in [-0.39, 0.29) is 42.1 Å². The number of fused-ring (bicyclic) bond motifs is 4. The molecule has 2 N–H and O–H groups in total. The summed E-state index contributed by atoms with van der Waals surface area (Å²) in [5.74, 6) is 0.403. The molecule has 5 atom stereocenters. The topological polar surface area (TPSA) is 102 Å². The predicted octanol–water partition coefficient (Wildman–Crippen LogP) is 4.22. The second-order valence-electron chi connectivity index (χ2n) is 12.4. The highest BCUT2D eigenvalue weighted by atomic mass is 19.1. The minimum absolute atomic E-state index is 0.00564. The number of benzene rings is 2. The molecule has 2 aromatic carbocycles. The standard InChI is InChI=1S/C25H25FN4O4.C7H12FN/c1-3-15-17(26)5-4-12-6-14(31)8-19(21(12)15)30-11-18-22(24(30)33)23(28-25(27-18)34-2)29-9-13-7-20(32)16(13)10-29;8-6-4-7-2-1-3-9(7)5-6/h4-6,8,13,16,20,31-32H,3,7,9-11H2,1-2H3;6-7H,1-5H2. The lowest BCUT2D eigenvalue weighted by molar-refractivity contribution is -0.00399. The number of anilines is 2. The van der Waals surface area contributed by atoms with Crippen molar-refractivity contribution in [2.75, 3.05) is 43.1 Å². The first kappa shape index (κ1) is 28.2. The van der Waals surface area contributed by atoms with Crippen molar-refractivity contribution in [3.8, 4) is 11.8 Å². The van der Waals surface area contributed by atoms with Crippen molar-refractivity contribution in [2.45, 2.75) is 63.9 Å². The first-order valence-corrected chi connectivity index (χ1v) is 15.3. The maximum Gasteiger partial charge on any atom is 0.318 e. The van der Waals surface area contributed by atoms with Crippen molar-refractivity contribution in [1.29, 1.82) is 0 Å². The third-order valence-electron chi connectivity index (χ3n) is 9.96. The molecule has 5 heterocycles.